The number of hydrogen-bond donors (Lipinski definition) is 12. The molecule has 3 aliphatic rings. The minimum absolute atomic E-state index is 0.240. The van der Waals surface area contributed by atoms with Crippen LogP contribution in [0.2, 0.25) is 0 Å². The Hall–Kier alpha value is -1.73. The van der Waals surface area contributed by atoms with Gasteiger partial charge in [0.2, 0.25) is 5.91 Å². The molecule has 3 aliphatic heterocycles. The lowest BCUT2D eigenvalue weighted by atomic mass is 9.96. The Morgan fingerprint density at radius 3 is 1.19 bits per heavy atom. The molecule has 0 aromatic rings. The minimum Gasteiger partial charge on any atom is -0.394 e. The van der Waals surface area contributed by atoms with Gasteiger partial charge in [0.25, 0.3) is 0 Å². The lowest BCUT2D eigenvalue weighted by Crippen LogP contribution is -2.66. The van der Waals surface area contributed by atoms with Crippen LogP contribution in [-0.2, 0) is 33.2 Å². The van der Waals surface area contributed by atoms with Crippen LogP contribution in [0.1, 0.15) is 264 Å². The number of hydrogen-bond acceptors (Lipinski definition) is 18. The highest BCUT2D eigenvalue weighted by Gasteiger charge is 2.53. The highest BCUT2D eigenvalue weighted by atomic mass is 16.8. The summed E-state index contributed by atoms with van der Waals surface area (Å²) in [4.78, 5) is 13.4. The summed E-state index contributed by atoms with van der Waals surface area (Å²) in [6, 6.07) is -0.885. The van der Waals surface area contributed by atoms with Crippen molar-refractivity contribution in [2.45, 2.75) is 369 Å². The second kappa shape index (κ2) is 49.9. The molecule has 0 aliphatic carbocycles. The molecular weight excluding hydrogens is 1110 g/mol. The SMILES string of the molecule is CCCCCCC/C=C\C/C=C\CCCCCCCCCCCCCCCCCC(=O)NC(COC1OC(CO)C(OC2OC(CO)C(OC3OC(CO)C(O)C(O)C3O)C(O)C2O)C(O)C1O)C(O)CCCCCCCCCCCCCCCC. The van der Waals surface area contributed by atoms with E-state index in [4.69, 9.17) is 28.4 Å². The van der Waals surface area contributed by atoms with Crippen molar-refractivity contribution in [3.63, 3.8) is 0 Å². The van der Waals surface area contributed by atoms with Crippen LogP contribution in [0.3, 0.4) is 0 Å². The van der Waals surface area contributed by atoms with Crippen LogP contribution < -0.4 is 5.32 Å². The molecule has 0 aromatic heterocycles. The van der Waals surface area contributed by atoms with Gasteiger partial charge in [-0.15, -0.1) is 0 Å². The van der Waals surface area contributed by atoms with Crippen molar-refractivity contribution in [3.8, 4) is 0 Å². The molecular formula is C67H125NO18. The average molecular weight is 1230 g/mol. The fraction of sp³-hybridized carbons (Fsp3) is 0.925. The third-order valence-electron chi connectivity index (χ3n) is 17.5. The first-order chi connectivity index (χ1) is 41.8. The van der Waals surface area contributed by atoms with Gasteiger partial charge in [0.15, 0.2) is 18.9 Å². The van der Waals surface area contributed by atoms with Gasteiger partial charge in [-0.2, -0.15) is 0 Å². The summed E-state index contributed by atoms with van der Waals surface area (Å²) >= 11 is 0. The van der Waals surface area contributed by atoms with Gasteiger partial charge in [-0.3, -0.25) is 4.79 Å². The molecule has 3 rings (SSSR count). The molecule has 0 radical (unpaired) electrons. The van der Waals surface area contributed by atoms with E-state index in [9.17, 15) is 61.0 Å². The number of allylic oxidation sites excluding steroid dienone is 4. The molecule has 1 amide bonds. The summed E-state index contributed by atoms with van der Waals surface area (Å²) in [6.07, 6.45) is 28.3. The fourth-order valence-corrected chi connectivity index (χ4v) is 11.9. The van der Waals surface area contributed by atoms with Crippen LogP contribution in [0.4, 0.5) is 0 Å². The lowest BCUT2D eigenvalue weighted by Gasteiger charge is -2.48. The summed E-state index contributed by atoms with van der Waals surface area (Å²) in [5.41, 5.74) is 0. The van der Waals surface area contributed by atoms with Crippen molar-refractivity contribution in [2.24, 2.45) is 0 Å². The Morgan fingerprint density at radius 1 is 0.419 bits per heavy atom. The summed E-state index contributed by atoms with van der Waals surface area (Å²) in [7, 11) is 0. The molecule has 3 fully saturated rings. The van der Waals surface area contributed by atoms with Crippen molar-refractivity contribution < 1.29 is 89.4 Å². The van der Waals surface area contributed by atoms with E-state index in [1.54, 1.807) is 0 Å². The van der Waals surface area contributed by atoms with Crippen molar-refractivity contribution in [2.75, 3.05) is 26.4 Å². The molecule has 17 unspecified atom stereocenters. The number of carbonyl (C=O) groups is 1. The van der Waals surface area contributed by atoms with E-state index >= 15 is 0 Å². The minimum atomic E-state index is -1.97. The molecule has 3 saturated heterocycles. The first-order valence-electron chi connectivity index (χ1n) is 34.6. The zero-order valence-electron chi connectivity index (χ0n) is 53.3. The van der Waals surface area contributed by atoms with Crippen LogP contribution in [0.15, 0.2) is 24.3 Å². The number of aliphatic hydroxyl groups is 11. The second-order valence-electron chi connectivity index (χ2n) is 25.0. The fourth-order valence-electron chi connectivity index (χ4n) is 11.9. The zero-order valence-corrected chi connectivity index (χ0v) is 53.3. The molecule has 17 atom stereocenters. The van der Waals surface area contributed by atoms with E-state index < -0.39 is 124 Å². The molecule has 12 N–H and O–H groups in total. The van der Waals surface area contributed by atoms with Gasteiger partial charge in [0, 0.05) is 6.42 Å². The van der Waals surface area contributed by atoms with Crippen molar-refractivity contribution in [1.29, 1.82) is 0 Å². The van der Waals surface area contributed by atoms with E-state index in [2.05, 4.69) is 43.5 Å². The van der Waals surface area contributed by atoms with E-state index in [1.165, 1.54) is 180 Å². The molecule has 3 heterocycles. The molecule has 19 nitrogen and oxygen atoms in total. The highest BCUT2D eigenvalue weighted by molar-refractivity contribution is 5.76. The van der Waals surface area contributed by atoms with E-state index in [1.807, 2.05) is 0 Å². The maximum Gasteiger partial charge on any atom is 0.220 e. The van der Waals surface area contributed by atoms with Crippen LogP contribution >= 0.6 is 0 Å². The number of unbranched alkanes of at least 4 members (excludes halogenated alkanes) is 33. The van der Waals surface area contributed by atoms with Gasteiger partial charge in [-0.25, -0.2) is 0 Å². The number of amides is 1. The normalized spacial score (nSPS) is 28.9. The van der Waals surface area contributed by atoms with Gasteiger partial charge in [-0.05, 0) is 44.9 Å². The van der Waals surface area contributed by atoms with Crippen molar-refractivity contribution in [1.82, 2.24) is 5.32 Å². The van der Waals surface area contributed by atoms with Gasteiger partial charge in [0.05, 0.1) is 38.6 Å². The molecule has 0 bridgehead atoms. The van der Waals surface area contributed by atoms with Crippen molar-refractivity contribution in [3.05, 3.63) is 24.3 Å². The number of aliphatic hydroxyl groups excluding tert-OH is 11. The Morgan fingerprint density at radius 2 is 0.767 bits per heavy atom. The summed E-state index contributed by atoms with van der Waals surface area (Å²) in [5, 5.41) is 121. The van der Waals surface area contributed by atoms with Gasteiger partial charge >= 0.3 is 0 Å². The van der Waals surface area contributed by atoms with Gasteiger partial charge < -0.3 is 89.9 Å². The molecule has 0 saturated carbocycles. The van der Waals surface area contributed by atoms with E-state index in [-0.39, 0.29) is 18.9 Å². The zero-order chi connectivity index (χ0) is 62.6. The Labute approximate surface area is 518 Å². The summed E-state index contributed by atoms with van der Waals surface area (Å²) in [6.45, 7) is 1.80. The van der Waals surface area contributed by atoms with E-state index in [0.717, 1.165) is 51.4 Å². The van der Waals surface area contributed by atoms with Crippen LogP contribution in [0.25, 0.3) is 0 Å². The smallest absolute Gasteiger partial charge is 0.220 e. The monoisotopic (exact) mass is 1230 g/mol. The molecule has 0 aromatic carbocycles. The Bertz CT molecular complexity index is 1660. The molecule has 0 spiro atoms. The molecule has 19 heteroatoms. The maximum atomic E-state index is 13.4. The third kappa shape index (κ3) is 32.0. The van der Waals surface area contributed by atoms with Crippen LogP contribution in [-0.4, -0.2) is 193 Å². The number of rotatable bonds is 53. The van der Waals surface area contributed by atoms with Crippen LogP contribution in [0.5, 0.6) is 0 Å². The predicted octanol–water partition coefficient (Wildman–Crippen LogP) is 8.66. The van der Waals surface area contributed by atoms with Gasteiger partial charge in [0.1, 0.15) is 73.2 Å². The highest BCUT2D eigenvalue weighted by Crippen LogP contribution is 2.33. The van der Waals surface area contributed by atoms with Crippen LogP contribution in [0, 0.1) is 0 Å². The largest absolute Gasteiger partial charge is 0.394 e. The Kier molecular flexibility index (Phi) is 45.6. The lowest BCUT2D eigenvalue weighted by molar-refractivity contribution is -0.379. The topological polar surface area (TPSA) is 307 Å². The first-order valence-corrected chi connectivity index (χ1v) is 34.6. The molecule has 506 valence electrons. The number of carbonyl (C=O) groups excluding carboxylic acids is 1. The second-order valence-corrected chi connectivity index (χ2v) is 25.0. The van der Waals surface area contributed by atoms with Gasteiger partial charge in [-0.1, -0.05) is 237 Å². The standard InChI is InChI=1S/C67H125NO18/c1-3-5-7-9-11-13-15-17-19-20-21-22-23-24-25-26-27-28-29-30-31-33-35-37-39-41-43-45-55(73)68-50(51(72)44-42-40-38-36-34-32-18-16-14-12-10-8-6-4-2)49-81-65-61(79)58(76)63(53(47-70)83-65)86-67-62(80)59(77)64(54(48-71)84-67)85-66-60(78)57(75)56(74)52(46-69)82-66/h15,17,20-21,50-54,56-67,69-72,74-80H,3-14,16,18-19,22-49H2,1-2H3,(H,68,73)/b17-15-,21-20-. The van der Waals surface area contributed by atoms with Crippen molar-refractivity contribution >= 4 is 5.91 Å². The average Bonchev–Trinajstić information content (AvgIpc) is 1.96. The maximum absolute atomic E-state index is 13.4. The van der Waals surface area contributed by atoms with E-state index in [0.29, 0.717) is 12.8 Å². The first kappa shape index (κ1) is 78.5. The summed E-state index contributed by atoms with van der Waals surface area (Å²) in [5.74, 6) is -0.240. The third-order valence-corrected chi connectivity index (χ3v) is 17.5. The number of nitrogens with one attached hydrogen (secondary N) is 1. The summed E-state index contributed by atoms with van der Waals surface area (Å²) < 4.78 is 34.4. The molecule has 86 heavy (non-hydrogen) atoms. The number of ether oxygens (including phenoxy) is 6. The quantitative estimate of drug-likeness (QED) is 0.0200. The Balaban J connectivity index is 1.40. The predicted molar refractivity (Wildman–Crippen MR) is 333 cm³/mol.